The number of hydrogen-bond acceptors (Lipinski definition) is 7. The number of hydrogen-bond donors (Lipinski definition) is 1. The lowest BCUT2D eigenvalue weighted by Gasteiger charge is -2.16. The molecule has 0 fully saturated rings. The Kier molecular flexibility index (Phi) is 9.40. The van der Waals surface area contributed by atoms with Crippen molar-refractivity contribution in [3.8, 4) is 45.7 Å². The molecule has 3 aromatic carbocycles. The maximum absolute atomic E-state index is 12.4. The lowest BCUT2D eigenvalue weighted by Crippen LogP contribution is -2.20. The second-order valence-corrected chi connectivity index (χ2v) is 8.95. The van der Waals surface area contributed by atoms with E-state index in [1.165, 1.54) is 0 Å². The van der Waals surface area contributed by atoms with Gasteiger partial charge in [0.2, 0.25) is 0 Å². The minimum Gasteiger partial charge on any atom is -0.507 e. The van der Waals surface area contributed by atoms with Gasteiger partial charge in [-0.2, -0.15) is 0 Å². The first kappa shape index (κ1) is 26.8. The molecule has 0 radical (unpaired) electrons. The summed E-state index contributed by atoms with van der Waals surface area (Å²) in [5, 5.41) is 10.8. The van der Waals surface area contributed by atoms with Gasteiger partial charge in [0.15, 0.2) is 17.5 Å². The third-order valence-corrected chi connectivity index (χ3v) is 6.24. The fraction of sp³-hybridized carbons (Fsp3) is 0.290. The minimum absolute atomic E-state index is 0.0191. The number of carbonyl (C=O) groups excluding carboxylic acids is 1. The molecule has 1 heterocycles. The van der Waals surface area contributed by atoms with Crippen LogP contribution >= 0.6 is 0 Å². The molecule has 0 aliphatic heterocycles. The Morgan fingerprint density at radius 1 is 0.789 bits per heavy atom. The Morgan fingerprint density at radius 3 is 1.97 bits per heavy atom. The number of aromatic hydroxyl groups is 1. The number of unbranched alkanes of at least 4 members (excludes halogenated alkanes) is 1. The summed E-state index contributed by atoms with van der Waals surface area (Å²) in [7, 11) is 0. The van der Waals surface area contributed by atoms with Crippen LogP contribution in [-0.2, 0) is 9.53 Å². The van der Waals surface area contributed by atoms with Crippen LogP contribution in [0.3, 0.4) is 0 Å². The van der Waals surface area contributed by atoms with Crippen LogP contribution in [-0.4, -0.2) is 39.2 Å². The average Bonchev–Trinajstić information content (AvgIpc) is 2.96. The molecule has 1 aromatic heterocycles. The predicted molar refractivity (Wildman–Crippen MR) is 148 cm³/mol. The van der Waals surface area contributed by atoms with Gasteiger partial charge in [-0.15, -0.1) is 0 Å². The zero-order valence-corrected chi connectivity index (χ0v) is 21.8. The predicted octanol–water partition coefficient (Wildman–Crippen LogP) is 6.72. The van der Waals surface area contributed by atoms with Gasteiger partial charge in [-0.05, 0) is 25.0 Å². The first-order chi connectivity index (χ1) is 18.6. The summed E-state index contributed by atoms with van der Waals surface area (Å²) in [6, 6.07) is 24.2. The number of carbonyl (C=O) groups is 1. The van der Waals surface area contributed by atoms with Crippen LogP contribution in [0.5, 0.6) is 11.5 Å². The van der Waals surface area contributed by atoms with Crippen LogP contribution < -0.4 is 4.74 Å². The third kappa shape index (κ3) is 6.73. The van der Waals surface area contributed by atoms with E-state index in [-0.39, 0.29) is 36.7 Å². The minimum atomic E-state index is -0.196. The van der Waals surface area contributed by atoms with Gasteiger partial charge < -0.3 is 14.6 Å². The number of phenolic OH excluding ortho intramolecular Hbond substituents is 1. The van der Waals surface area contributed by atoms with Gasteiger partial charge in [-0.1, -0.05) is 93.4 Å². The summed E-state index contributed by atoms with van der Waals surface area (Å²) < 4.78 is 11.4. The summed E-state index contributed by atoms with van der Waals surface area (Å²) in [6.45, 7) is 4.35. The topological polar surface area (TPSA) is 94.4 Å². The van der Waals surface area contributed by atoms with Crippen molar-refractivity contribution in [3.63, 3.8) is 0 Å². The van der Waals surface area contributed by atoms with Gasteiger partial charge >= 0.3 is 5.97 Å². The standard InChI is InChI=1S/C31H33N3O4/c1-3-5-13-22(4-2)31(36)38-21-20-37-26-19-12-18-25(35)27(26)30-33-28(23-14-8-6-9-15-23)32-29(34-30)24-16-10-7-11-17-24/h6-12,14-19,22,35H,3-5,13,20-21H2,1-2H3. The molecule has 0 saturated heterocycles. The molecular formula is C31H33N3O4. The molecule has 7 nitrogen and oxygen atoms in total. The second-order valence-electron chi connectivity index (χ2n) is 8.95. The van der Waals surface area contributed by atoms with Gasteiger partial charge in [0.05, 0.1) is 5.92 Å². The molecule has 0 saturated carbocycles. The molecule has 38 heavy (non-hydrogen) atoms. The van der Waals surface area contributed by atoms with Crippen molar-refractivity contribution in [2.75, 3.05) is 13.2 Å². The van der Waals surface area contributed by atoms with E-state index in [9.17, 15) is 9.90 Å². The summed E-state index contributed by atoms with van der Waals surface area (Å²) in [4.78, 5) is 26.5. The highest BCUT2D eigenvalue weighted by atomic mass is 16.6. The molecule has 0 bridgehead atoms. The maximum atomic E-state index is 12.4. The average molecular weight is 512 g/mol. The lowest BCUT2D eigenvalue weighted by molar-refractivity contribution is -0.149. The smallest absolute Gasteiger partial charge is 0.309 e. The quantitative estimate of drug-likeness (QED) is 0.167. The fourth-order valence-electron chi connectivity index (χ4n) is 4.14. The van der Waals surface area contributed by atoms with Crippen LogP contribution in [0, 0.1) is 5.92 Å². The van der Waals surface area contributed by atoms with E-state index in [2.05, 4.69) is 6.92 Å². The van der Waals surface area contributed by atoms with Crippen molar-refractivity contribution in [1.82, 2.24) is 15.0 Å². The van der Waals surface area contributed by atoms with Crippen molar-refractivity contribution in [1.29, 1.82) is 0 Å². The molecule has 0 aliphatic rings. The number of nitrogens with zero attached hydrogens (tertiary/aromatic N) is 3. The van der Waals surface area contributed by atoms with Gasteiger partial charge in [-0.25, -0.2) is 15.0 Å². The van der Waals surface area contributed by atoms with Crippen molar-refractivity contribution in [3.05, 3.63) is 78.9 Å². The molecule has 196 valence electrons. The molecule has 0 aliphatic carbocycles. The molecule has 7 heteroatoms. The summed E-state index contributed by atoms with van der Waals surface area (Å²) in [6.07, 6.45) is 3.63. The Morgan fingerprint density at radius 2 is 1.39 bits per heavy atom. The van der Waals surface area contributed by atoms with E-state index < -0.39 is 0 Å². The molecule has 1 N–H and O–H groups in total. The van der Waals surface area contributed by atoms with Crippen LogP contribution in [0.15, 0.2) is 78.9 Å². The number of esters is 1. The monoisotopic (exact) mass is 511 g/mol. The number of aromatic nitrogens is 3. The van der Waals surface area contributed by atoms with E-state index in [0.717, 1.165) is 36.8 Å². The van der Waals surface area contributed by atoms with E-state index in [4.69, 9.17) is 24.4 Å². The van der Waals surface area contributed by atoms with Crippen LogP contribution in [0.25, 0.3) is 34.2 Å². The molecule has 1 atom stereocenters. The van der Waals surface area contributed by atoms with E-state index in [0.29, 0.717) is 23.0 Å². The molecular weight excluding hydrogens is 478 g/mol. The van der Waals surface area contributed by atoms with Crippen LogP contribution in [0.1, 0.15) is 39.5 Å². The molecule has 0 amide bonds. The summed E-state index contributed by atoms with van der Waals surface area (Å²) >= 11 is 0. The van der Waals surface area contributed by atoms with E-state index >= 15 is 0 Å². The van der Waals surface area contributed by atoms with Gasteiger partial charge in [0.1, 0.15) is 30.3 Å². The van der Waals surface area contributed by atoms with Crippen molar-refractivity contribution in [2.24, 2.45) is 5.92 Å². The second kappa shape index (κ2) is 13.3. The van der Waals surface area contributed by atoms with Crippen LogP contribution in [0.4, 0.5) is 0 Å². The first-order valence-electron chi connectivity index (χ1n) is 13.1. The Labute approximate surface area is 223 Å². The lowest BCUT2D eigenvalue weighted by atomic mass is 10.00. The molecule has 4 rings (SSSR count). The SMILES string of the molecule is CCCCC(CC)C(=O)OCCOc1cccc(O)c1-c1nc(-c2ccccc2)nc(-c2ccccc2)n1. The Balaban J connectivity index is 1.60. The maximum Gasteiger partial charge on any atom is 0.309 e. The Bertz CT molecular complexity index is 1270. The van der Waals surface area contributed by atoms with Crippen molar-refractivity contribution >= 4 is 5.97 Å². The normalized spacial score (nSPS) is 11.6. The van der Waals surface area contributed by atoms with E-state index in [1.54, 1.807) is 18.2 Å². The number of benzene rings is 3. The van der Waals surface area contributed by atoms with Gasteiger partial charge in [0.25, 0.3) is 0 Å². The molecule has 4 aromatic rings. The highest BCUT2D eigenvalue weighted by Gasteiger charge is 2.20. The summed E-state index contributed by atoms with van der Waals surface area (Å²) in [5.41, 5.74) is 2.00. The third-order valence-electron chi connectivity index (χ3n) is 6.24. The van der Waals surface area contributed by atoms with Crippen molar-refractivity contribution in [2.45, 2.75) is 39.5 Å². The van der Waals surface area contributed by atoms with Crippen LogP contribution in [0.2, 0.25) is 0 Å². The largest absolute Gasteiger partial charge is 0.507 e. The number of ether oxygens (including phenoxy) is 2. The zero-order chi connectivity index (χ0) is 26.7. The van der Waals surface area contributed by atoms with Gasteiger partial charge in [-0.3, -0.25) is 4.79 Å². The zero-order valence-electron chi connectivity index (χ0n) is 21.8. The highest BCUT2D eigenvalue weighted by molar-refractivity contribution is 5.74. The summed E-state index contributed by atoms with van der Waals surface area (Å²) in [5.74, 6) is 1.33. The van der Waals surface area contributed by atoms with Gasteiger partial charge in [0, 0.05) is 11.1 Å². The molecule has 1 unspecified atom stereocenters. The number of rotatable bonds is 12. The van der Waals surface area contributed by atoms with Crippen molar-refractivity contribution < 1.29 is 19.4 Å². The molecule has 0 spiro atoms. The first-order valence-corrected chi connectivity index (χ1v) is 13.1. The Hall–Kier alpha value is -4.26. The number of phenols is 1. The highest BCUT2D eigenvalue weighted by Crippen LogP contribution is 2.37. The van der Waals surface area contributed by atoms with E-state index in [1.807, 2.05) is 67.6 Å². The fourth-order valence-corrected chi connectivity index (χ4v) is 4.14.